The summed E-state index contributed by atoms with van der Waals surface area (Å²) in [5.41, 5.74) is 1.70. The number of carbonyl (C=O) groups excluding carboxylic acids is 1. The Morgan fingerprint density at radius 3 is 2.28 bits per heavy atom. The Bertz CT molecular complexity index is 435. The number of halogens is 2. The number of hydrogen-bond donors (Lipinski definition) is 2. The number of benzene rings is 1. The molecule has 2 N–H and O–H groups in total. The standard InChI is InChI=1S/C12H12Br2O4/c1-6(15)10(14)8-2-7(5-13)3-9(4-8)11(16)12(17)18/h2-4,10-11,16H,5H2,1H3,(H,17,18). The van der Waals surface area contributed by atoms with Crippen LogP contribution in [0.25, 0.3) is 0 Å². The van der Waals surface area contributed by atoms with E-state index in [4.69, 9.17) is 5.11 Å². The normalized spacial score (nSPS) is 14.0. The summed E-state index contributed by atoms with van der Waals surface area (Å²) in [5.74, 6) is -1.40. The molecule has 0 aromatic heterocycles. The van der Waals surface area contributed by atoms with Crippen molar-refractivity contribution in [3.05, 3.63) is 34.9 Å². The molecule has 0 aliphatic rings. The molecule has 0 saturated heterocycles. The van der Waals surface area contributed by atoms with Gasteiger partial charge in [0.15, 0.2) is 6.10 Å². The van der Waals surface area contributed by atoms with Gasteiger partial charge in [0.25, 0.3) is 0 Å². The average Bonchev–Trinajstić information content (AvgIpc) is 2.35. The Labute approximate surface area is 121 Å². The molecule has 0 aliphatic carbocycles. The molecule has 98 valence electrons. The fourth-order valence-corrected chi connectivity index (χ4v) is 2.09. The van der Waals surface area contributed by atoms with Crippen molar-refractivity contribution in [2.45, 2.75) is 23.2 Å². The summed E-state index contributed by atoms with van der Waals surface area (Å²) in [6.45, 7) is 1.44. The fraction of sp³-hybridized carbons (Fsp3) is 0.333. The van der Waals surface area contributed by atoms with E-state index < -0.39 is 16.9 Å². The SMILES string of the molecule is CC(=O)C(Br)c1cc(CBr)cc(C(O)C(=O)O)c1. The molecule has 0 aliphatic heterocycles. The smallest absolute Gasteiger partial charge is 0.337 e. The van der Waals surface area contributed by atoms with Gasteiger partial charge in [0, 0.05) is 5.33 Å². The first-order valence-electron chi connectivity index (χ1n) is 5.12. The van der Waals surface area contributed by atoms with Crippen LogP contribution in [0.5, 0.6) is 0 Å². The van der Waals surface area contributed by atoms with E-state index in [1.54, 1.807) is 12.1 Å². The molecule has 0 radical (unpaired) electrons. The van der Waals surface area contributed by atoms with E-state index >= 15 is 0 Å². The van der Waals surface area contributed by atoms with E-state index in [0.717, 1.165) is 5.56 Å². The number of carboxylic acid groups (broad SMARTS) is 1. The minimum absolute atomic E-state index is 0.0857. The van der Waals surface area contributed by atoms with Crippen molar-refractivity contribution in [2.75, 3.05) is 0 Å². The number of ketones is 1. The first-order chi connectivity index (χ1) is 8.36. The van der Waals surface area contributed by atoms with E-state index in [1.165, 1.54) is 13.0 Å². The predicted octanol–water partition coefficient (Wildman–Crippen LogP) is 2.72. The van der Waals surface area contributed by atoms with Gasteiger partial charge in [-0.1, -0.05) is 50.1 Å². The lowest BCUT2D eigenvalue weighted by atomic mass is 9.99. The molecule has 2 unspecified atom stereocenters. The molecule has 0 amide bonds. The average molecular weight is 380 g/mol. The summed E-state index contributed by atoms with van der Waals surface area (Å²) in [6, 6.07) is 4.90. The number of aliphatic carboxylic acids is 1. The Morgan fingerprint density at radius 2 is 1.83 bits per heavy atom. The predicted molar refractivity (Wildman–Crippen MR) is 74.0 cm³/mol. The van der Waals surface area contributed by atoms with Gasteiger partial charge in [0.2, 0.25) is 0 Å². The lowest BCUT2D eigenvalue weighted by molar-refractivity contribution is -0.146. The largest absolute Gasteiger partial charge is 0.479 e. The van der Waals surface area contributed by atoms with Crippen LogP contribution in [-0.4, -0.2) is 22.0 Å². The third-order valence-corrected chi connectivity index (χ3v) is 4.21. The second-order valence-electron chi connectivity index (χ2n) is 3.86. The molecular weight excluding hydrogens is 368 g/mol. The van der Waals surface area contributed by atoms with Crippen molar-refractivity contribution in [2.24, 2.45) is 0 Å². The molecule has 0 saturated carbocycles. The highest BCUT2D eigenvalue weighted by atomic mass is 79.9. The third-order valence-electron chi connectivity index (χ3n) is 2.39. The topological polar surface area (TPSA) is 74.6 Å². The lowest BCUT2D eigenvalue weighted by Crippen LogP contribution is -2.12. The maximum Gasteiger partial charge on any atom is 0.337 e. The van der Waals surface area contributed by atoms with Gasteiger partial charge in [0.1, 0.15) is 5.78 Å². The van der Waals surface area contributed by atoms with Gasteiger partial charge < -0.3 is 10.2 Å². The van der Waals surface area contributed by atoms with Crippen LogP contribution in [0.1, 0.15) is 34.5 Å². The Hall–Kier alpha value is -0.720. The lowest BCUT2D eigenvalue weighted by Gasteiger charge is -2.13. The minimum atomic E-state index is -1.59. The zero-order valence-corrected chi connectivity index (χ0v) is 12.7. The maximum absolute atomic E-state index is 11.3. The van der Waals surface area contributed by atoms with Gasteiger partial charge in [0.05, 0.1) is 4.83 Å². The molecule has 1 aromatic rings. The van der Waals surface area contributed by atoms with Crippen LogP contribution in [-0.2, 0) is 14.9 Å². The van der Waals surface area contributed by atoms with Crippen LogP contribution >= 0.6 is 31.9 Å². The van der Waals surface area contributed by atoms with Crippen molar-refractivity contribution in [1.29, 1.82) is 0 Å². The van der Waals surface area contributed by atoms with Gasteiger partial charge >= 0.3 is 5.97 Å². The second kappa shape index (κ2) is 6.45. The zero-order valence-electron chi connectivity index (χ0n) is 9.56. The molecule has 1 rings (SSSR count). The summed E-state index contributed by atoms with van der Waals surface area (Å²) >= 11 is 6.51. The van der Waals surface area contributed by atoms with Crippen molar-refractivity contribution in [3.63, 3.8) is 0 Å². The first kappa shape index (κ1) is 15.3. The number of hydrogen-bond acceptors (Lipinski definition) is 3. The van der Waals surface area contributed by atoms with Crippen LogP contribution in [0.4, 0.5) is 0 Å². The van der Waals surface area contributed by atoms with Crippen LogP contribution in [0.3, 0.4) is 0 Å². The van der Waals surface area contributed by atoms with E-state index in [2.05, 4.69) is 31.9 Å². The number of rotatable bonds is 5. The summed E-state index contributed by atoms with van der Waals surface area (Å²) in [4.78, 5) is 21.6. The van der Waals surface area contributed by atoms with Crippen LogP contribution < -0.4 is 0 Å². The number of alkyl halides is 2. The number of aliphatic hydroxyl groups excluding tert-OH is 1. The highest BCUT2D eigenvalue weighted by molar-refractivity contribution is 9.09. The van der Waals surface area contributed by atoms with Crippen molar-refractivity contribution in [1.82, 2.24) is 0 Å². The number of Topliss-reactive ketones (excluding diaryl/α,β-unsaturated/α-hetero) is 1. The summed E-state index contributed by atoms with van der Waals surface area (Å²) in [5, 5.41) is 18.9. The van der Waals surface area contributed by atoms with Gasteiger partial charge in [-0.25, -0.2) is 4.79 Å². The maximum atomic E-state index is 11.3. The van der Waals surface area contributed by atoms with Crippen molar-refractivity contribution >= 4 is 43.6 Å². The second-order valence-corrected chi connectivity index (χ2v) is 5.33. The molecule has 0 fully saturated rings. The monoisotopic (exact) mass is 378 g/mol. The Kier molecular flexibility index (Phi) is 5.49. The van der Waals surface area contributed by atoms with Gasteiger partial charge in [-0.3, -0.25) is 4.79 Å². The number of aliphatic hydroxyl groups is 1. The van der Waals surface area contributed by atoms with E-state index in [-0.39, 0.29) is 11.3 Å². The van der Waals surface area contributed by atoms with E-state index in [0.29, 0.717) is 10.9 Å². The molecule has 1 aromatic carbocycles. The van der Waals surface area contributed by atoms with Crippen molar-refractivity contribution in [3.8, 4) is 0 Å². The summed E-state index contributed by atoms with van der Waals surface area (Å²) in [6.07, 6.45) is -1.59. The Balaban J connectivity index is 3.25. The molecule has 0 heterocycles. The first-order valence-corrected chi connectivity index (χ1v) is 7.15. The molecule has 0 bridgehead atoms. The fourth-order valence-electron chi connectivity index (χ4n) is 1.50. The molecule has 0 spiro atoms. The highest BCUT2D eigenvalue weighted by Gasteiger charge is 2.20. The molecule has 18 heavy (non-hydrogen) atoms. The third kappa shape index (κ3) is 3.63. The zero-order chi connectivity index (χ0) is 13.9. The van der Waals surface area contributed by atoms with Gasteiger partial charge in [-0.05, 0) is 23.6 Å². The van der Waals surface area contributed by atoms with Crippen LogP contribution in [0.2, 0.25) is 0 Å². The molecular formula is C12H12Br2O4. The highest BCUT2D eigenvalue weighted by Crippen LogP contribution is 2.28. The van der Waals surface area contributed by atoms with Crippen LogP contribution in [0, 0.1) is 0 Å². The molecule has 2 atom stereocenters. The van der Waals surface area contributed by atoms with Crippen LogP contribution in [0.15, 0.2) is 18.2 Å². The van der Waals surface area contributed by atoms with E-state index in [1.807, 2.05) is 0 Å². The quantitative estimate of drug-likeness (QED) is 0.771. The minimum Gasteiger partial charge on any atom is -0.479 e. The summed E-state index contributed by atoms with van der Waals surface area (Å²) < 4.78 is 0. The summed E-state index contributed by atoms with van der Waals surface area (Å²) in [7, 11) is 0. The van der Waals surface area contributed by atoms with Crippen molar-refractivity contribution < 1.29 is 19.8 Å². The van der Waals surface area contributed by atoms with Gasteiger partial charge in [-0.2, -0.15) is 0 Å². The van der Waals surface area contributed by atoms with Gasteiger partial charge in [-0.15, -0.1) is 0 Å². The number of carboxylic acids is 1. The molecule has 6 heteroatoms. The van der Waals surface area contributed by atoms with E-state index in [9.17, 15) is 14.7 Å². The Morgan fingerprint density at radius 1 is 1.28 bits per heavy atom. The molecule has 4 nitrogen and oxygen atoms in total. The number of carbonyl (C=O) groups is 2.